The van der Waals surface area contributed by atoms with Gasteiger partial charge in [0.2, 0.25) is 0 Å². The maximum Gasteiger partial charge on any atom is 0.162 e. The van der Waals surface area contributed by atoms with Crippen LogP contribution in [0.2, 0.25) is 0 Å². The average molecular weight is 331 g/mol. The van der Waals surface area contributed by atoms with Crippen molar-refractivity contribution in [2.45, 2.75) is 25.1 Å². The maximum absolute atomic E-state index is 13.6. The average Bonchev–Trinajstić information content (AvgIpc) is 2.64. The highest BCUT2D eigenvalue weighted by atomic mass is 79.9. The molecule has 0 nitrogen and oxygen atoms in total. The summed E-state index contributed by atoms with van der Waals surface area (Å²) in [5, 5.41) is 0. The van der Waals surface area contributed by atoms with Gasteiger partial charge in [0.05, 0.1) is 4.83 Å². The Balaban J connectivity index is 2.24. The Morgan fingerprint density at radius 3 is 2.61 bits per heavy atom. The summed E-state index contributed by atoms with van der Waals surface area (Å²) < 4.78 is 26.7. The van der Waals surface area contributed by atoms with E-state index in [4.69, 9.17) is 0 Å². The van der Waals surface area contributed by atoms with E-state index in [1.807, 2.05) is 13.8 Å². The molecule has 18 heavy (non-hydrogen) atoms. The highest BCUT2D eigenvalue weighted by Crippen LogP contribution is 2.35. The van der Waals surface area contributed by atoms with Crippen LogP contribution >= 0.6 is 27.3 Å². The Kier molecular flexibility index (Phi) is 4.17. The summed E-state index contributed by atoms with van der Waals surface area (Å²) in [6.45, 7) is 4.08. The first-order valence-electron chi connectivity index (χ1n) is 5.63. The molecule has 0 saturated heterocycles. The molecule has 0 N–H and O–H groups in total. The summed E-state index contributed by atoms with van der Waals surface area (Å²) in [7, 11) is 0. The summed E-state index contributed by atoms with van der Waals surface area (Å²) in [5.41, 5.74) is 1.60. The third-order valence-electron chi connectivity index (χ3n) is 2.79. The highest BCUT2D eigenvalue weighted by Gasteiger charge is 2.17. The number of hydrogen-bond acceptors (Lipinski definition) is 1. The third-order valence-corrected chi connectivity index (χ3v) is 5.15. The first-order valence-corrected chi connectivity index (χ1v) is 7.36. The zero-order valence-electron chi connectivity index (χ0n) is 10.1. The van der Waals surface area contributed by atoms with Crippen LogP contribution in [0.4, 0.5) is 8.78 Å². The van der Waals surface area contributed by atoms with Crippen molar-refractivity contribution >= 4 is 27.3 Å². The van der Waals surface area contributed by atoms with Gasteiger partial charge in [-0.05, 0) is 43.5 Å². The van der Waals surface area contributed by atoms with E-state index in [9.17, 15) is 8.78 Å². The van der Waals surface area contributed by atoms with Gasteiger partial charge in [-0.3, -0.25) is 0 Å². The monoisotopic (exact) mass is 330 g/mol. The number of thiophene rings is 1. The maximum atomic E-state index is 13.6. The molecule has 1 heterocycles. The molecule has 0 bridgehead atoms. The predicted octanol–water partition coefficient (Wildman–Crippen LogP) is 5.32. The summed E-state index contributed by atoms with van der Waals surface area (Å²) in [5.74, 6) is -1.53. The van der Waals surface area contributed by atoms with Gasteiger partial charge < -0.3 is 0 Å². The summed E-state index contributed by atoms with van der Waals surface area (Å²) in [4.78, 5) is 2.43. The molecule has 1 unspecified atom stereocenters. The van der Waals surface area contributed by atoms with Gasteiger partial charge in [0.1, 0.15) is 0 Å². The molecule has 1 aromatic heterocycles. The Bertz CT molecular complexity index is 563. The number of benzene rings is 1. The normalized spacial score (nSPS) is 12.7. The van der Waals surface area contributed by atoms with Crippen LogP contribution in [-0.2, 0) is 6.42 Å². The van der Waals surface area contributed by atoms with E-state index in [1.165, 1.54) is 15.3 Å². The molecule has 96 valence electrons. The molecular formula is C14H13BrF2S. The minimum Gasteiger partial charge on any atom is -0.204 e. The molecule has 0 spiro atoms. The number of halogens is 3. The van der Waals surface area contributed by atoms with Crippen molar-refractivity contribution in [2.24, 2.45) is 0 Å². The largest absolute Gasteiger partial charge is 0.204 e. The molecule has 0 aliphatic heterocycles. The van der Waals surface area contributed by atoms with Crippen LogP contribution in [0.5, 0.6) is 0 Å². The Morgan fingerprint density at radius 1 is 1.28 bits per heavy atom. The van der Waals surface area contributed by atoms with Crippen LogP contribution in [0.25, 0.3) is 0 Å². The molecule has 4 heteroatoms. The Morgan fingerprint density at radius 2 is 2.00 bits per heavy atom. The Hall–Kier alpha value is -0.740. The fourth-order valence-corrected chi connectivity index (χ4v) is 3.97. The van der Waals surface area contributed by atoms with Gasteiger partial charge in [0, 0.05) is 9.75 Å². The van der Waals surface area contributed by atoms with E-state index in [0.717, 1.165) is 6.07 Å². The van der Waals surface area contributed by atoms with Crippen molar-refractivity contribution < 1.29 is 8.78 Å². The van der Waals surface area contributed by atoms with E-state index in [0.29, 0.717) is 12.0 Å². The van der Waals surface area contributed by atoms with Gasteiger partial charge in [-0.1, -0.05) is 28.1 Å². The van der Waals surface area contributed by atoms with Crippen LogP contribution in [0.3, 0.4) is 0 Å². The number of rotatable bonds is 3. The van der Waals surface area contributed by atoms with Gasteiger partial charge in [-0.15, -0.1) is 11.3 Å². The summed E-state index contributed by atoms with van der Waals surface area (Å²) in [6.07, 6.45) is 0.449. The van der Waals surface area contributed by atoms with Crippen molar-refractivity contribution in [3.63, 3.8) is 0 Å². The molecule has 0 aliphatic carbocycles. The van der Waals surface area contributed by atoms with Gasteiger partial charge in [0.25, 0.3) is 0 Å². The standard InChI is InChI=1S/C14H13BrF2S/c1-8-6-9(2)18-14(8)11(15)7-10-4-3-5-12(16)13(10)17/h3-6,11H,7H2,1-2H3. The van der Waals surface area contributed by atoms with Gasteiger partial charge in [-0.25, -0.2) is 8.78 Å². The van der Waals surface area contributed by atoms with Crippen molar-refractivity contribution in [3.05, 3.63) is 56.8 Å². The van der Waals surface area contributed by atoms with Crippen molar-refractivity contribution in [1.82, 2.24) is 0 Å². The van der Waals surface area contributed by atoms with E-state index in [-0.39, 0.29) is 4.83 Å². The van der Waals surface area contributed by atoms with Gasteiger partial charge >= 0.3 is 0 Å². The van der Waals surface area contributed by atoms with Crippen LogP contribution in [0.15, 0.2) is 24.3 Å². The molecular weight excluding hydrogens is 318 g/mol. The second kappa shape index (κ2) is 5.49. The summed E-state index contributed by atoms with van der Waals surface area (Å²) >= 11 is 5.26. The highest BCUT2D eigenvalue weighted by molar-refractivity contribution is 9.09. The van der Waals surface area contributed by atoms with E-state index in [1.54, 1.807) is 23.5 Å². The molecule has 0 radical (unpaired) electrons. The van der Waals surface area contributed by atoms with Crippen LogP contribution < -0.4 is 0 Å². The zero-order valence-corrected chi connectivity index (χ0v) is 12.5. The minimum absolute atomic E-state index is 0.0208. The first-order chi connectivity index (χ1) is 8.49. The molecule has 2 aromatic rings. The van der Waals surface area contributed by atoms with E-state index >= 15 is 0 Å². The lowest BCUT2D eigenvalue weighted by Gasteiger charge is -2.10. The van der Waals surface area contributed by atoms with E-state index < -0.39 is 11.6 Å². The molecule has 1 atom stereocenters. The van der Waals surface area contributed by atoms with Crippen molar-refractivity contribution in [3.8, 4) is 0 Å². The predicted molar refractivity (Wildman–Crippen MR) is 75.5 cm³/mol. The van der Waals surface area contributed by atoms with Crippen LogP contribution in [0.1, 0.15) is 25.7 Å². The Labute approximate surface area is 118 Å². The molecule has 2 rings (SSSR count). The fourth-order valence-electron chi connectivity index (χ4n) is 1.96. The van der Waals surface area contributed by atoms with Gasteiger partial charge in [-0.2, -0.15) is 0 Å². The number of aryl methyl sites for hydroxylation is 2. The molecule has 0 saturated carbocycles. The quantitative estimate of drug-likeness (QED) is 0.668. The second-order valence-corrected chi connectivity index (χ2v) is 6.68. The topological polar surface area (TPSA) is 0 Å². The number of alkyl halides is 1. The SMILES string of the molecule is Cc1cc(C)c(C(Br)Cc2cccc(F)c2F)s1. The zero-order chi connectivity index (χ0) is 13.3. The van der Waals surface area contributed by atoms with E-state index in [2.05, 4.69) is 22.0 Å². The molecule has 0 fully saturated rings. The van der Waals surface area contributed by atoms with Crippen LogP contribution in [-0.4, -0.2) is 0 Å². The molecule has 0 aliphatic rings. The number of hydrogen-bond donors (Lipinski definition) is 0. The second-order valence-electron chi connectivity index (χ2n) is 4.29. The van der Waals surface area contributed by atoms with Gasteiger partial charge in [0.15, 0.2) is 11.6 Å². The van der Waals surface area contributed by atoms with Crippen molar-refractivity contribution in [2.75, 3.05) is 0 Å². The molecule has 1 aromatic carbocycles. The third kappa shape index (κ3) is 2.81. The first kappa shape index (κ1) is 13.7. The van der Waals surface area contributed by atoms with Crippen molar-refractivity contribution in [1.29, 1.82) is 0 Å². The van der Waals surface area contributed by atoms with Crippen LogP contribution in [0, 0.1) is 25.5 Å². The summed E-state index contributed by atoms with van der Waals surface area (Å²) in [6, 6.07) is 6.42. The lowest BCUT2D eigenvalue weighted by Crippen LogP contribution is -1.99. The smallest absolute Gasteiger partial charge is 0.162 e. The lowest BCUT2D eigenvalue weighted by atomic mass is 10.1. The fraction of sp³-hybridized carbons (Fsp3) is 0.286. The minimum atomic E-state index is -0.786. The lowest BCUT2D eigenvalue weighted by molar-refractivity contribution is 0.498. The molecule has 0 amide bonds.